The zero-order valence-corrected chi connectivity index (χ0v) is 7.68. The molecule has 0 unspecified atom stereocenters. The van der Waals surface area contributed by atoms with Crippen molar-refractivity contribution in [2.45, 2.75) is 32.1 Å². The van der Waals surface area contributed by atoms with Crippen LogP contribution in [0.25, 0.3) is 0 Å². The highest BCUT2D eigenvalue weighted by atomic mass is 16.2. The molecule has 68 valence electrons. The molecular weight excluding hydrogens is 162 g/mol. The minimum Gasteiger partial charge on any atom is -0.312 e. The Kier molecular flexibility index (Phi) is 1.40. The third-order valence-corrected chi connectivity index (χ3v) is 3.24. The lowest BCUT2D eigenvalue weighted by Gasteiger charge is -2.29. The first-order valence-electron chi connectivity index (χ1n) is 5.08. The molecule has 0 atom stereocenters. The summed E-state index contributed by atoms with van der Waals surface area (Å²) >= 11 is 0. The van der Waals surface area contributed by atoms with Crippen LogP contribution < -0.4 is 0 Å². The van der Waals surface area contributed by atoms with E-state index in [9.17, 15) is 4.79 Å². The van der Waals surface area contributed by atoms with E-state index >= 15 is 0 Å². The summed E-state index contributed by atoms with van der Waals surface area (Å²) in [5.74, 6) is 0.331. The lowest BCUT2D eigenvalue weighted by molar-refractivity contribution is -0.127. The molecule has 2 heteroatoms. The molecule has 0 aromatic heterocycles. The highest BCUT2D eigenvalue weighted by molar-refractivity contribution is 5.86. The molecule has 2 nitrogen and oxygen atoms in total. The van der Waals surface area contributed by atoms with Gasteiger partial charge in [0.25, 0.3) is 0 Å². The van der Waals surface area contributed by atoms with Gasteiger partial charge in [0.1, 0.15) is 0 Å². The van der Waals surface area contributed by atoms with Crippen LogP contribution in [0.1, 0.15) is 32.1 Å². The maximum Gasteiger partial charge on any atom is 0.231 e. The van der Waals surface area contributed by atoms with Crippen molar-refractivity contribution in [1.29, 1.82) is 0 Å². The van der Waals surface area contributed by atoms with E-state index in [-0.39, 0.29) is 0 Å². The number of allylic oxidation sites excluding steroid dienone is 2. The Hall–Kier alpha value is -1.05. The summed E-state index contributed by atoms with van der Waals surface area (Å²) in [5.41, 5.74) is 4.16. The molecule has 13 heavy (non-hydrogen) atoms. The van der Waals surface area contributed by atoms with Crippen LogP contribution in [0.3, 0.4) is 0 Å². The standard InChI is InChI=1S/C11H13NO/c13-10-7-9-4-1-3-8-5-2-6-12(10)11(8)9/h3H,1-2,4-7H2. The average molecular weight is 175 g/mol. The summed E-state index contributed by atoms with van der Waals surface area (Å²) in [6.45, 7) is 0.953. The van der Waals surface area contributed by atoms with Gasteiger partial charge in [-0.3, -0.25) is 4.79 Å². The van der Waals surface area contributed by atoms with Crippen molar-refractivity contribution in [3.63, 3.8) is 0 Å². The van der Waals surface area contributed by atoms with Gasteiger partial charge in [0.2, 0.25) is 5.91 Å². The van der Waals surface area contributed by atoms with Gasteiger partial charge in [-0.2, -0.15) is 0 Å². The number of carbonyl (C=O) groups is 1. The van der Waals surface area contributed by atoms with Crippen molar-refractivity contribution < 1.29 is 4.79 Å². The summed E-state index contributed by atoms with van der Waals surface area (Å²) in [7, 11) is 0. The molecule has 0 radical (unpaired) electrons. The Morgan fingerprint density at radius 1 is 1.31 bits per heavy atom. The van der Waals surface area contributed by atoms with Crippen LogP contribution in [-0.2, 0) is 4.79 Å². The van der Waals surface area contributed by atoms with Crippen LogP contribution in [0.5, 0.6) is 0 Å². The molecule has 2 heterocycles. The Bertz CT molecular complexity index is 338. The smallest absolute Gasteiger partial charge is 0.231 e. The van der Waals surface area contributed by atoms with E-state index in [4.69, 9.17) is 0 Å². The summed E-state index contributed by atoms with van der Waals surface area (Å²) in [6.07, 6.45) is 7.61. The van der Waals surface area contributed by atoms with Crippen LogP contribution in [0, 0.1) is 0 Å². The van der Waals surface area contributed by atoms with Crippen LogP contribution in [0.15, 0.2) is 22.9 Å². The van der Waals surface area contributed by atoms with Crippen molar-refractivity contribution in [2.24, 2.45) is 0 Å². The molecular formula is C11H13NO. The summed E-state index contributed by atoms with van der Waals surface area (Å²) in [5, 5.41) is 0. The van der Waals surface area contributed by atoms with Gasteiger partial charge >= 0.3 is 0 Å². The second-order valence-corrected chi connectivity index (χ2v) is 4.05. The molecule has 2 aliphatic heterocycles. The minimum absolute atomic E-state index is 0.331. The predicted molar refractivity (Wildman–Crippen MR) is 49.9 cm³/mol. The van der Waals surface area contributed by atoms with E-state index in [0.29, 0.717) is 12.3 Å². The van der Waals surface area contributed by atoms with Crippen LogP contribution in [0.2, 0.25) is 0 Å². The van der Waals surface area contributed by atoms with E-state index in [1.54, 1.807) is 0 Å². The summed E-state index contributed by atoms with van der Waals surface area (Å²) in [6, 6.07) is 0. The monoisotopic (exact) mass is 175 g/mol. The topological polar surface area (TPSA) is 20.3 Å². The normalized spacial score (nSPS) is 26.3. The van der Waals surface area contributed by atoms with Gasteiger partial charge in [-0.1, -0.05) is 6.08 Å². The molecule has 1 aliphatic carbocycles. The Morgan fingerprint density at radius 2 is 2.23 bits per heavy atom. The van der Waals surface area contributed by atoms with Crippen LogP contribution in [-0.4, -0.2) is 17.4 Å². The fourth-order valence-electron chi connectivity index (χ4n) is 2.69. The Morgan fingerprint density at radius 3 is 3.15 bits per heavy atom. The van der Waals surface area contributed by atoms with Gasteiger partial charge in [-0.05, 0) is 36.8 Å². The number of hydrogen-bond acceptors (Lipinski definition) is 1. The van der Waals surface area contributed by atoms with Gasteiger partial charge in [0.15, 0.2) is 0 Å². The lowest BCUT2D eigenvalue weighted by atomic mass is 9.91. The first-order valence-corrected chi connectivity index (χ1v) is 5.08. The molecule has 1 saturated heterocycles. The average Bonchev–Trinajstić information content (AvgIpc) is 2.47. The Balaban J connectivity index is 2.09. The largest absolute Gasteiger partial charge is 0.312 e. The lowest BCUT2D eigenvalue weighted by Crippen LogP contribution is -2.30. The molecule has 0 aromatic carbocycles. The maximum absolute atomic E-state index is 11.6. The predicted octanol–water partition coefficient (Wildman–Crippen LogP) is 1.99. The number of carbonyl (C=O) groups excluding carboxylic acids is 1. The number of hydrogen-bond donors (Lipinski definition) is 0. The van der Waals surface area contributed by atoms with Gasteiger partial charge in [-0.25, -0.2) is 0 Å². The van der Waals surface area contributed by atoms with E-state index in [0.717, 1.165) is 25.8 Å². The highest BCUT2D eigenvalue weighted by Gasteiger charge is 2.34. The third kappa shape index (κ3) is 0.916. The van der Waals surface area contributed by atoms with Crippen LogP contribution in [0.4, 0.5) is 0 Å². The van der Waals surface area contributed by atoms with Gasteiger partial charge < -0.3 is 4.90 Å². The van der Waals surface area contributed by atoms with Crippen molar-refractivity contribution in [1.82, 2.24) is 4.90 Å². The number of amides is 1. The van der Waals surface area contributed by atoms with Gasteiger partial charge in [0.05, 0.1) is 6.42 Å². The molecule has 1 amide bonds. The fourth-order valence-corrected chi connectivity index (χ4v) is 2.69. The molecule has 0 spiro atoms. The summed E-state index contributed by atoms with van der Waals surface area (Å²) < 4.78 is 0. The summed E-state index contributed by atoms with van der Waals surface area (Å²) in [4.78, 5) is 13.6. The van der Waals surface area contributed by atoms with E-state index < -0.39 is 0 Å². The van der Waals surface area contributed by atoms with Crippen molar-refractivity contribution in [3.8, 4) is 0 Å². The van der Waals surface area contributed by atoms with E-state index in [2.05, 4.69) is 6.08 Å². The van der Waals surface area contributed by atoms with Crippen molar-refractivity contribution >= 4 is 5.91 Å². The van der Waals surface area contributed by atoms with E-state index in [1.165, 1.54) is 23.3 Å². The number of nitrogens with zero attached hydrogens (tertiary/aromatic N) is 1. The molecule has 0 N–H and O–H groups in total. The number of piperidine rings is 1. The maximum atomic E-state index is 11.6. The third-order valence-electron chi connectivity index (χ3n) is 3.24. The zero-order valence-electron chi connectivity index (χ0n) is 7.68. The molecule has 3 rings (SSSR count). The first-order chi connectivity index (χ1) is 6.36. The number of rotatable bonds is 0. The van der Waals surface area contributed by atoms with Gasteiger partial charge in [-0.15, -0.1) is 0 Å². The SMILES string of the molecule is O=C1CC2=C3C(=CCC2)CCCN13. The second-order valence-electron chi connectivity index (χ2n) is 4.05. The molecule has 3 aliphatic rings. The molecule has 1 fully saturated rings. The molecule has 0 bridgehead atoms. The molecule has 0 saturated carbocycles. The van der Waals surface area contributed by atoms with Crippen LogP contribution >= 0.6 is 0 Å². The highest BCUT2D eigenvalue weighted by Crippen LogP contribution is 2.40. The van der Waals surface area contributed by atoms with Gasteiger partial charge in [0, 0.05) is 12.2 Å². The first kappa shape index (κ1) is 7.36. The van der Waals surface area contributed by atoms with E-state index in [1.807, 2.05) is 4.90 Å². The Labute approximate surface area is 77.9 Å². The molecule has 0 aromatic rings. The van der Waals surface area contributed by atoms with Crippen molar-refractivity contribution in [2.75, 3.05) is 6.54 Å². The van der Waals surface area contributed by atoms with Crippen molar-refractivity contribution in [3.05, 3.63) is 22.9 Å². The quantitative estimate of drug-likeness (QED) is 0.551. The minimum atomic E-state index is 0.331. The second kappa shape index (κ2) is 2.47. The zero-order chi connectivity index (χ0) is 8.84. The fraction of sp³-hybridized carbons (Fsp3) is 0.545.